The number of aromatic nitrogens is 2. The molecule has 2 heterocycles. The molecular formula is C23H24N4O3. The topological polar surface area (TPSA) is 76.5 Å². The maximum atomic E-state index is 12.7. The van der Waals surface area contributed by atoms with Gasteiger partial charge in [-0.2, -0.15) is 5.10 Å². The van der Waals surface area contributed by atoms with Crippen LogP contribution in [0, 0.1) is 0 Å². The monoisotopic (exact) mass is 404 g/mol. The molecule has 2 amide bonds. The quantitative estimate of drug-likeness (QED) is 0.657. The van der Waals surface area contributed by atoms with Crippen LogP contribution in [0.4, 0.5) is 5.69 Å². The summed E-state index contributed by atoms with van der Waals surface area (Å²) in [4.78, 5) is 26.3. The average molecular weight is 404 g/mol. The van der Waals surface area contributed by atoms with E-state index in [4.69, 9.17) is 4.74 Å². The molecule has 0 unspecified atom stereocenters. The van der Waals surface area contributed by atoms with Gasteiger partial charge in [-0.1, -0.05) is 12.1 Å². The van der Waals surface area contributed by atoms with Gasteiger partial charge in [0.1, 0.15) is 5.75 Å². The van der Waals surface area contributed by atoms with E-state index in [0.29, 0.717) is 30.8 Å². The van der Waals surface area contributed by atoms with E-state index in [1.54, 1.807) is 35.0 Å². The number of hydrogen-bond acceptors (Lipinski definition) is 4. The molecular weight excluding hydrogens is 380 g/mol. The molecule has 30 heavy (non-hydrogen) atoms. The van der Waals surface area contributed by atoms with Crippen molar-refractivity contribution in [3.8, 4) is 5.75 Å². The average Bonchev–Trinajstić information content (AvgIpc) is 3.44. The van der Waals surface area contributed by atoms with Crippen LogP contribution in [0.2, 0.25) is 0 Å². The lowest BCUT2D eigenvalue weighted by molar-refractivity contribution is -0.117. The van der Waals surface area contributed by atoms with Gasteiger partial charge in [-0.15, -0.1) is 0 Å². The number of benzene rings is 2. The number of anilines is 1. The molecule has 1 fully saturated rings. The second-order valence-electron chi connectivity index (χ2n) is 7.23. The van der Waals surface area contributed by atoms with Crippen molar-refractivity contribution in [2.24, 2.45) is 0 Å². The van der Waals surface area contributed by atoms with E-state index in [1.807, 2.05) is 42.6 Å². The lowest BCUT2D eigenvalue weighted by atomic mass is 10.1. The molecule has 0 radical (unpaired) electrons. The predicted molar refractivity (Wildman–Crippen MR) is 114 cm³/mol. The lowest BCUT2D eigenvalue weighted by Gasteiger charge is -2.16. The van der Waals surface area contributed by atoms with Gasteiger partial charge in [0.25, 0.3) is 5.91 Å². The van der Waals surface area contributed by atoms with Gasteiger partial charge in [-0.25, -0.2) is 0 Å². The van der Waals surface area contributed by atoms with Gasteiger partial charge in [-0.3, -0.25) is 14.3 Å². The summed E-state index contributed by atoms with van der Waals surface area (Å²) in [6, 6.07) is 15.0. The first-order valence-electron chi connectivity index (χ1n) is 9.96. The van der Waals surface area contributed by atoms with Crippen molar-refractivity contribution >= 4 is 17.5 Å². The van der Waals surface area contributed by atoms with Gasteiger partial charge in [0.05, 0.1) is 13.7 Å². The number of rotatable bonds is 7. The zero-order valence-corrected chi connectivity index (χ0v) is 16.9. The predicted octanol–water partition coefficient (Wildman–Crippen LogP) is 3.00. The van der Waals surface area contributed by atoms with Crippen LogP contribution in [-0.4, -0.2) is 35.2 Å². The van der Waals surface area contributed by atoms with E-state index in [-0.39, 0.29) is 11.8 Å². The Morgan fingerprint density at radius 2 is 2.03 bits per heavy atom. The molecule has 3 aromatic rings. The van der Waals surface area contributed by atoms with E-state index in [0.717, 1.165) is 29.8 Å². The first-order chi connectivity index (χ1) is 14.6. The Bertz CT molecular complexity index is 1030. The molecule has 7 nitrogen and oxygen atoms in total. The molecule has 154 valence electrons. The van der Waals surface area contributed by atoms with Crippen LogP contribution in [0.25, 0.3) is 0 Å². The number of carbonyl (C=O) groups excluding carboxylic acids is 2. The van der Waals surface area contributed by atoms with E-state index in [9.17, 15) is 9.59 Å². The second kappa shape index (κ2) is 8.82. The summed E-state index contributed by atoms with van der Waals surface area (Å²) in [7, 11) is 1.61. The Morgan fingerprint density at radius 3 is 2.70 bits per heavy atom. The number of methoxy groups -OCH3 is 1. The van der Waals surface area contributed by atoms with E-state index in [1.165, 1.54) is 0 Å². The SMILES string of the molecule is COc1ccc(C(=O)NCc2ccc(N3CCCC3=O)cc2)cc1Cn1cccn1. The standard InChI is InChI=1S/C23H24N4O3/c1-30-21-10-7-18(14-19(21)16-26-12-3-11-25-26)23(29)24-15-17-5-8-20(9-6-17)27-13-2-4-22(27)28/h3,5-12,14H,2,4,13,15-16H2,1H3,(H,24,29). The number of amides is 2. The number of nitrogens with zero attached hydrogens (tertiary/aromatic N) is 3. The van der Waals surface area contributed by atoms with Gasteiger partial charge in [0.15, 0.2) is 0 Å². The molecule has 1 saturated heterocycles. The minimum atomic E-state index is -0.154. The number of ether oxygens (including phenoxy) is 1. The maximum Gasteiger partial charge on any atom is 0.251 e. The highest BCUT2D eigenvalue weighted by Crippen LogP contribution is 2.22. The highest BCUT2D eigenvalue weighted by atomic mass is 16.5. The van der Waals surface area contributed by atoms with Crippen LogP contribution in [-0.2, 0) is 17.9 Å². The molecule has 1 aromatic heterocycles. The van der Waals surface area contributed by atoms with Crippen LogP contribution in [0.1, 0.15) is 34.3 Å². The van der Waals surface area contributed by atoms with Gasteiger partial charge in [-0.05, 0) is 48.4 Å². The van der Waals surface area contributed by atoms with E-state index < -0.39 is 0 Å². The Labute approximate surface area is 175 Å². The zero-order chi connectivity index (χ0) is 20.9. The molecule has 7 heteroatoms. The van der Waals surface area contributed by atoms with Crippen molar-refractivity contribution in [2.75, 3.05) is 18.6 Å². The molecule has 0 spiro atoms. The van der Waals surface area contributed by atoms with E-state index in [2.05, 4.69) is 10.4 Å². The lowest BCUT2D eigenvalue weighted by Crippen LogP contribution is -2.24. The fourth-order valence-corrected chi connectivity index (χ4v) is 3.61. The minimum Gasteiger partial charge on any atom is -0.496 e. The normalized spacial score (nSPS) is 13.5. The van der Waals surface area contributed by atoms with Crippen molar-refractivity contribution in [2.45, 2.75) is 25.9 Å². The molecule has 4 rings (SSSR count). The molecule has 0 aliphatic carbocycles. The summed E-state index contributed by atoms with van der Waals surface area (Å²) in [6.07, 6.45) is 5.10. The van der Waals surface area contributed by atoms with Gasteiger partial charge in [0.2, 0.25) is 5.91 Å². The third-order valence-electron chi connectivity index (χ3n) is 5.21. The van der Waals surface area contributed by atoms with Crippen LogP contribution in [0.3, 0.4) is 0 Å². The van der Waals surface area contributed by atoms with Crippen molar-refractivity contribution in [3.63, 3.8) is 0 Å². The first kappa shape index (κ1) is 19.7. The fourth-order valence-electron chi connectivity index (χ4n) is 3.61. The maximum absolute atomic E-state index is 12.7. The Hall–Kier alpha value is -3.61. The zero-order valence-electron chi connectivity index (χ0n) is 16.9. The molecule has 0 bridgehead atoms. The Kier molecular flexibility index (Phi) is 5.79. The van der Waals surface area contributed by atoms with Crippen molar-refractivity contribution < 1.29 is 14.3 Å². The van der Waals surface area contributed by atoms with E-state index >= 15 is 0 Å². The molecule has 0 saturated carbocycles. The van der Waals surface area contributed by atoms with Gasteiger partial charge < -0.3 is 15.0 Å². The van der Waals surface area contributed by atoms with Crippen LogP contribution < -0.4 is 15.0 Å². The van der Waals surface area contributed by atoms with Crippen LogP contribution in [0.15, 0.2) is 60.9 Å². The summed E-state index contributed by atoms with van der Waals surface area (Å²) < 4.78 is 7.20. The summed E-state index contributed by atoms with van der Waals surface area (Å²) in [5.41, 5.74) is 3.33. The fraction of sp³-hybridized carbons (Fsp3) is 0.261. The third-order valence-corrected chi connectivity index (χ3v) is 5.21. The highest BCUT2D eigenvalue weighted by molar-refractivity contribution is 5.95. The molecule has 1 N–H and O–H groups in total. The van der Waals surface area contributed by atoms with Gasteiger partial charge >= 0.3 is 0 Å². The molecule has 1 aliphatic heterocycles. The number of nitrogens with one attached hydrogen (secondary N) is 1. The first-order valence-corrected chi connectivity index (χ1v) is 9.96. The highest BCUT2D eigenvalue weighted by Gasteiger charge is 2.21. The molecule has 1 aliphatic rings. The molecule has 2 aromatic carbocycles. The van der Waals surface area contributed by atoms with Crippen LogP contribution in [0.5, 0.6) is 5.75 Å². The third kappa shape index (κ3) is 4.35. The van der Waals surface area contributed by atoms with Crippen LogP contribution >= 0.6 is 0 Å². The molecule has 0 atom stereocenters. The minimum absolute atomic E-state index is 0.154. The largest absolute Gasteiger partial charge is 0.496 e. The Balaban J connectivity index is 1.40. The summed E-state index contributed by atoms with van der Waals surface area (Å²) in [5.74, 6) is 0.730. The van der Waals surface area contributed by atoms with Crippen molar-refractivity contribution in [1.29, 1.82) is 0 Å². The summed E-state index contributed by atoms with van der Waals surface area (Å²) in [5, 5.41) is 7.17. The number of carbonyl (C=O) groups is 2. The number of hydrogen-bond donors (Lipinski definition) is 1. The second-order valence-corrected chi connectivity index (χ2v) is 7.23. The van der Waals surface area contributed by atoms with Crippen molar-refractivity contribution in [1.82, 2.24) is 15.1 Å². The summed E-state index contributed by atoms with van der Waals surface area (Å²) in [6.45, 7) is 1.70. The summed E-state index contributed by atoms with van der Waals surface area (Å²) >= 11 is 0. The Morgan fingerprint density at radius 1 is 1.20 bits per heavy atom. The van der Waals surface area contributed by atoms with Gasteiger partial charge in [0, 0.05) is 48.7 Å². The van der Waals surface area contributed by atoms with Crippen molar-refractivity contribution in [3.05, 3.63) is 77.6 Å². The smallest absolute Gasteiger partial charge is 0.251 e.